The molecule has 4 heteroatoms. The summed E-state index contributed by atoms with van der Waals surface area (Å²) in [6, 6.07) is 17.2. The fourth-order valence-electron chi connectivity index (χ4n) is 4.30. The van der Waals surface area contributed by atoms with Crippen LogP contribution in [0.4, 0.5) is 0 Å². The Balaban J connectivity index is 1.70. The molecule has 4 nitrogen and oxygen atoms in total. The van der Waals surface area contributed by atoms with Gasteiger partial charge in [0.05, 0.1) is 13.7 Å². The van der Waals surface area contributed by atoms with Crippen LogP contribution in [-0.4, -0.2) is 56.7 Å². The Labute approximate surface area is 176 Å². The van der Waals surface area contributed by atoms with Crippen LogP contribution in [0.25, 0.3) is 0 Å². The molecule has 1 aliphatic rings. The highest BCUT2D eigenvalue weighted by Crippen LogP contribution is 2.29. The molecule has 2 aromatic carbocycles. The van der Waals surface area contributed by atoms with Crippen LogP contribution in [0, 0.1) is 5.92 Å². The van der Waals surface area contributed by atoms with E-state index in [-0.39, 0.29) is 0 Å². The highest BCUT2D eigenvalue weighted by molar-refractivity contribution is 5.43. The Kier molecular flexibility index (Phi) is 8.38. The molecule has 1 saturated heterocycles. The number of methoxy groups -OCH3 is 1. The molecule has 1 heterocycles. The van der Waals surface area contributed by atoms with Gasteiger partial charge in [-0.2, -0.15) is 0 Å². The predicted octanol–water partition coefficient (Wildman–Crippen LogP) is 4.48. The van der Waals surface area contributed by atoms with Gasteiger partial charge in [0, 0.05) is 26.2 Å². The third-order valence-electron chi connectivity index (χ3n) is 5.73. The van der Waals surface area contributed by atoms with Crippen LogP contribution in [-0.2, 0) is 13.0 Å². The summed E-state index contributed by atoms with van der Waals surface area (Å²) < 4.78 is 11.2. The van der Waals surface area contributed by atoms with Crippen molar-refractivity contribution in [2.75, 3.05) is 46.9 Å². The van der Waals surface area contributed by atoms with Crippen molar-refractivity contribution >= 4 is 0 Å². The lowest BCUT2D eigenvalue weighted by atomic mass is 9.97. The maximum Gasteiger partial charge on any atom is 0.161 e. The van der Waals surface area contributed by atoms with Crippen LogP contribution >= 0.6 is 0 Å². The molecule has 0 aromatic heterocycles. The average Bonchev–Trinajstić information content (AvgIpc) is 2.73. The number of hydrogen-bond acceptors (Lipinski definition) is 4. The molecule has 1 aliphatic heterocycles. The standard InChI is InChI=1S/C25H36N2O2/c1-4-29-25-17-22(12-13-24(25)28-3)19-27(16-14-21-9-6-5-7-10-21)20-23-11-8-15-26(2)18-23/h5-7,9-10,12-13,17,23H,4,8,11,14-16,18-20H2,1-3H3/t23-/m0/s1. The molecule has 0 bridgehead atoms. The molecule has 0 N–H and O–H groups in total. The van der Waals surface area contributed by atoms with E-state index in [1.54, 1.807) is 7.11 Å². The second kappa shape index (κ2) is 11.2. The predicted molar refractivity (Wildman–Crippen MR) is 120 cm³/mol. The van der Waals surface area contributed by atoms with E-state index in [0.717, 1.165) is 43.5 Å². The summed E-state index contributed by atoms with van der Waals surface area (Å²) in [4.78, 5) is 5.10. The maximum atomic E-state index is 5.79. The molecule has 0 amide bonds. The van der Waals surface area contributed by atoms with Crippen molar-refractivity contribution in [3.05, 3.63) is 59.7 Å². The van der Waals surface area contributed by atoms with Crippen molar-refractivity contribution in [2.24, 2.45) is 5.92 Å². The molecule has 1 fully saturated rings. The topological polar surface area (TPSA) is 24.9 Å². The van der Waals surface area contributed by atoms with E-state index in [1.165, 1.54) is 37.1 Å². The van der Waals surface area contributed by atoms with Crippen molar-refractivity contribution in [3.8, 4) is 11.5 Å². The molecule has 0 spiro atoms. The quantitative estimate of drug-likeness (QED) is 0.591. The number of likely N-dealkylation sites (tertiary alicyclic amines) is 1. The summed E-state index contributed by atoms with van der Waals surface area (Å²) in [6.07, 6.45) is 3.72. The van der Waals surface area contributed by atoms with Crippen LogP contribution in [0.3, 0.4) is 0 Å². The van der Waals surface area contributed by atoms with Gasteiger partial charge >= 0.3 is 0 Å². The Morgan fingerprint density at radius 3 is 2.62 bits per heavy atom. The average molecular weight is 397 g/mol. The zero-order valence-electron chi connectivity index (χ0n) is 18.3. The molecule has 0 saturated carbocycles. The monoisotopic (exact) mass is 396 g/mol. The van der Waals surface area contributed by atoms with Crippen LogP contribution < -0.4 is 9.47 Å². The van der Waals surface area contributed by atoms with Gasteiger partial charge in [-0.1, -0.05) is 36.4 Å². The largest absolute Gasteiger partial charge is 0.493 e. The van der Waals surface area contributed by atoms with Gasteiger partial charge in [0.1, 0.15) is 0 Å². The molecule has 3 rings (SSSR count). The van der Waals surface area contributed by atoms with Gasteiger partial charge in [-0.25, -0.2) is 0 Å². The van der Waals surface area contributed by atoms with Gasteiger partial charge in [-0.15, -0.1) is 0 Å². The maximum absolute atomic E-state index is 5.79. The van der Waals surface area contributed by atoms with E-state index in [1.807, 2.05) is 13.0 Å². The second-order valence-electron chi connectivity index (χ2n) is 8.16. The highest BCUT2D eigenvalue weighted by atomic mass is 16.5. The minimum Gasteiger partial charge on any atom is -0.493 e. The van der Waals surface area contributed by atoms with E-state index < -0.39 is 0 Å². The highest BCUT2D eigenvalue weighted by Gasteiger charge is 2.20. The Morgan fingerprint density at radius 2 is 1.90 bits per heavy atom. The first-order chi connectivity index (χ1) is 14.2. The summed E-state index contributed by atoms with van der Waals surface area (Å²) in [5, 5.41) is 0. The van der Waals surface area contributed by atoms with E-state index in [9.17, 15) is 0 Å². The summed E-state index contributed by atoms with van der Waals surface area (Å²) in [7, 11) is 3.95. The van der Waals surface area contributed by atoms with Crippen molar-refractivity contribution in [3.63, 3.8) is 0 Å². The molecule has 29 heavy (non-hydrogen) atoms. The van der Waals surface area contributed by atoms with E-state index in [2.05, 4.69) is 59.3 Å². The first kappa shape index (κ1) is 21.7. The summed E-state index contributed by atoms with van der Waals surface area (Å²) in [5.41, 5.74) is 2.69. The fourth-order valence-corrected chi connectivity index (χ4v) is 4.30. The van der Waals surface area contributed by atoms with Crippen LogP contribution in [0.1, 0.15) is 30.9 Å². The minimum absolute atomic E-state index is 0.645. The first-order valence-electron chi connectivity index (χ1n) is 10.9. The van der Waals surface area contributed by atoms with E-state index >= 15 is 0 Å². The lowest BCUT2D eigenvalue weighted by Gasteiger charge is -2.34. The van der Waals surface area contributed by atoms with Crippen molar-refractivity contribution in [1.29, 1.82) is 0 Å². The van der Waals surface area contributed by atoms with Crippen molar-refractivity contribution < 1.29 is 9.47 Å². The van der Waals surface area contributed by atoms with Gasteiger partial charge in [-0.05, 0) is 69.0 Å². The van der Waals surface area contributed by atoms with Gasteiger partial charge in [0.15, 0.2) is 11.5 Å². The smallest absolute Gasteiger partial charge is 0.161 e. The third-order valence-corrected chi connectivity index (χ3v) is 5.73. The van der Waals surface area contributed by atoms with Crippen molar-refractivity contribution in [2.45, 2.75) is 32.7 Å². The zero-order valence-corrected chi connectivity index (χ0v) is 18.3. The van der Waals surface area contributed by atoms with Gasteiger partial charge in [-0.3, -0.25) is 4.90 Å². The molecule has 1 atom stereocenters. The number of nitrogens with zero attached hydrogens (tertiary/aromatic N) is 2. The molecular weight excluding hydrogens is 360 g/mol. The Morgan fingerprint density at radius 1 is 1.07 bits per heavy atom. The second-order valence-corrected chi connectivity index (χ2v) is 8.16. The van der Waals surface area contributed by atoms with Crippen LogP contribution in [0.5, 0.6) is 11.5 Å². The summed E-state index contributed by atoms with van der Waals surface area (Å²) in [5.74, 6) is 2.39. The Hall–Kier alpha value is -2.04. The van der Waals surface area contributed by atoms with Crippen LogP contribution in [0.2, 0.25) is 0 Å². The zero-order chi connectivity index (χ0) is 20.5. The molecular formula is C25H36N2O2. The SMILES string of the molecule is CCOc1cc(CN(CCc2ccccc2)C[C@H]2CCCN(C)C2)ccc1OC. The number of ether oxygens (including phenoxy) is 2. The fraction of sp³-hybridized carbons (Fsp3) is 0.520. The number of hydrogen-bond donors (Lipinski definition) is 0. The first-order valence-corrected chi connectivity index (χ1v) is 10.9. The van der Waals surface area contributed by atoms with Gasteiger partial charge in [0.25, 0.3) is 0 Å². The lowest BCUT2D eigenvalue weighted by molar-refractivity contribution is 0.148. The van der Waals surface area contributed by atoms with E-state index in [4.69, 9.17) is 9.47 Å². The lowest BCUT2D eigenvalue weighted by Crippen LogP contribution is -2.39. The molecule has 158 valence electrons. The van der Waals surface area contributed by atoms with Gasteiger partial charge < -0.3 is 14.4 Å². The minimum atomic E-state index is 0.645. The Bertz CT molecular complexity index is 735. The number of benzene rings is 2. The van der Waals surface area contributed by atoms with Gasteiger partial charge in [0.2, 0.25) is 0 Å². The number of piperidine rings is 1. The molecule has 2 aromatic rings. The number of rotatable bonds is 10. The summed E-state index contributed by atoms with van der Waals surface area (Å²) >= 11 is 0. The van der Waals surface area contributed by atoms with Crippen molar-refractivity contribution in [1.82, 2.24) is 9.80 Å². The molecule has 0 aliphatic carbocycles. The summed E-state index contributed by atoms with van der Waals surface area (Å²) in [6.45, 7) is 8.25. The third kappa shape index (κ3) is 6.76. The molecule has 0 unspecified atom stereocenters. The van der Waals surface area contributed by atoms with Crippen LogP contribution in [0.15, 0.2) is 48.5 Å². The normalized spacial score (nSPS) is 17.4. The molecule has 0 radical (unpaired) electrons. The van der Waals surface area contributed by atoms with E-state index in [0.29, 0.717) is 6.61 Å².